The van der Waals surface area contributed by atoms with Crippen molar-refractivity contribution in [2.75, 3.05) is 26.2 Å². The standard InChI is InChI=1S/C10H20N.C2H2/c1-3-11-7-4-10(2,5-8-11)6-9-11;1-2/h3-9H2,1-2H3;1-2H/q+1;. The number of nitrogens with zero attached hydrogens (tertiary/aromatic N) is 1. The fourth-order valence-corrected chi connectivity index (χ4v) is 2.71. The lowest BCUT2D eigenvalue weighted by molar-refractivity contribution is -0.943. The van der Waals surface area contributed by atoms with Gasteiger partial charge >= 0.3 is 0 Å². The Bertz CT molecular complexity index is 168. The topological polar surface area (TPSA) is 0 Å². The number of quaternary nitrogens is 1. The molecule has 3 aliphatic heterocycles. The van der Waals surface area contributed by atoms with Gasteiger partial charge in [0.15, 0.2) is 0 Å². The third-order valence-electron chi connectivity index (χ3n) is 4.24. The van der Waals surface area contributed by atoms with Crippen LogP contribution in [-0.2, 0) is 0 Å². The van der Waals surface area contributed by atoms with Crippen LogP contribution in [0.3, 0.4) is 0 Å². The first-order chi connectivity index (χ1) is 6.18. The van der Waals surface area contributed by atoms with Crippen LogP contribution in [0, 0.1) is 18.3 Å². The van der Waals surface area contributed by atoms with Gasteiger partial charge in [0.05, 0.1) is 26.2 Å². The van der Waals surface area contributed by atoms with Crippen molar-refractivity contribution in [2.24, 2.45) is 5.41 Å². The maximum Gasteiger partial charge on any atom is 0.0791 e. The van der Waals surface area contributed by atoms with Gasteiger partial charge in [0.1, 0.15) is 0 Å². The Hall–Kier alpha value is -0.480. The molecule has 3 heterocycles. The molecule has 3 aliphatic rings. The highest BCUT2D eigenvalue weighted by molar-refractivity contribution is 4.82. The first-order valence-electron chi connectivity index (χ1n) is 5.37. The van der Waals surface area contributed by atoms with E-state index in [0.717, 1.165) is 5.41 Å². The smallest absolute Gasteiger partial charge is 0.0791 e. The molecule has 0 amide bonds. The minimum atomic E-state index is 0.745. The van der Waals surface area contributed by atoms with Gasteiger partial charge in [-0.3, -0.25) is 0 Å². The zero-order valence-electron chi connectivity index (χ0n) is 9.05. The highest BCUT2D eigenvalue weighted by Gasteiger charge is 2.44. The Kier molecular flexibility index (Phi) is 3.03. The summed E-state index contributed by atoms with van der Waals surface area (Å²) in [5.41, 5.74) is 0.745. The fraction of sp³-hybridized carbons (Fsp3) is 0.833. The van der Waals surface area contributed by atoms with E-state index in [-0.39, 0.29) is 0 Å². The van der Waals surface area contributed by atoms with Gasteiger partial charge in [0.25, 0.3) is 0 Å². The molecule has 0 saturated carbocycles. The molecule has 1 nitrogen and oxygen atoms in total. The van der Waals surface area contributed by atoms with Crippen molar-refractivity contribution in [3.05, 3.63) is 0 Å². The van der Waals surface area contributed by atoms with Gasteiger partial charge in [-0.15, -0.1) is 12.8 Å². The van der Waals surface area contributed by atoms with Crippen LogP contribution in [0.15, 0.2) is 0 Å². The molecular formula is C12H22N+. The Balaban J connectivity index is 0.000000396. The summed E-state index contributed by atoms with van der Waals surface area (Å²) in [6.07, 6.45) is 12.5. The van der Waals surface area contributed by atoms with E-state index >= 15 is 0 Å². The van der Waals surface area contributed by atoms with E-state index in [1.54, 1.807) is 0 Å². The summed E-state index contributed by atoms with van der Waals surface area (Å²) in [5.74, 6) is 0. The largest absolute Gasteiger partial charge is 0.324 e. The van der Waals surface area contributed by atoms with E-state index in [0.29, 0.717) is 0 Å². The quantitative estimate of drug-likeness (QED) is 0.429. The van der Waals surface area contributed by atoms with Gasteiger partial charge in [-0.1, -0.05) is 6.92 Å². The van der Waals surface area contributed by atoms with Crippen LogP contribution in [0.25, 0.3) is 0 Å². The second-order valence-corrected chi connectivity index (χ2v) is 4.89. The summed E-state index contributed by atoms with van der Waals surface area (Å²) < 4.78 is 1.44. The van der Waals surface area contributed by atoms with Gasteiger partial charge in [-0.2, -0.15) is 0 Å². The molecule has 3 rings (SSSR count). The summed E-state index contributed by atoms with van der Waals surface area (Å²) >= 11 is 0. The predicted molar refractivity (Wildman–Crippen MR) is 57.3 cm³/mol. The second-order valence-electron chi connectivity index (χ2n) is 4.89. The molecule has 0 aliphatic carbocycles. The second kappa shape index (κ2) is 3.72. The van der Waals surface area contributed by atoms with Crippen molar-refractivity contribution in [1.29, 1.82) is 0 Å². The monoisotopic (exact) mass is 180 g/mol. The molecular weight excluding hydrogens is 158 g/mol. The third-order valence-corrected chi connectivity index (χ3v) is 4.24. The van der Waals surface area contributed by atoms with Crippen molar-refractivity contribution in [3.8, 4) is 12.8 Å². The van der Waals surface area contributed by atoms with Gasteiger partial charge in [-0.25, -0.2) is 0 Å². The summed E-state index contributed by atoms with van der Waals surface area (Å²) in [6, 6.07) is 0. The van der Waals surface area contributed by atoms with E-state index in [1.165, 1.54) is 49.9 Å². The van der Waals surface area contributed by atoms with Crippen LogP contribution >= 0.6 is 0 Å². The molecule has 13 heavy (non-hydrogen) atoms. The van der Waals surface area contributed by atoms with E-state index in [2.05, 4.69) is 26.7 Å². The van der Waals surface area contributed by atoms with Gasteiger partial charge in [0.2, 0.25) is 0 Å². The SMILES string of the molecule is C#C.CC[N+]12CCC(C)(CC1)CC2. The average Bonchev–Trinajstić information content (AvgIpc) is 2.23. The number of fused-ring (bicyclic) bond motifs is 3. The van der Waals surface area contributed by atoms with Crippen LogP contribution in [0.2, 0.25) is 0 Å². The number of terminal acetylenes is 1. The maximum absolute atomic E-state index is 4.00. The lowest BCUT2D eigenvalue weighted by atomic mass is 9.72. The highest BCUT2D eigenvalue weighted by Crippen LogP contribution is 2.42. The Labute approximate surface area is 82.7 Å². The summed E-state index contributed by atoms with van der Waals surface area (Å²) in [4.78, 5) is 0. The molecule has 3 fully saturated rings. The molecule has 0 N–H and O–H groups in total. The average molecular weight is 180 g/mol. The van der Waals surface area contributed by atoms with Crippen molar-refractivity contribution >= 4 is 0 Å². The van der Waals surface area contributed by atoms with E-state index in [1.807, 2.05) is 0 Å². The van der Waals surface area contributed by atoms with E-state index in [9.17, 15) is 0 Å². The molecule has 0 atom stereocenters. The zero-order valence-corrected chi connectivity index (χ0v) is 9.05. The van der Waals surface area contributed by atoms with Gasteiger partial charge < -0.3 is 4.48 Å². The Morgan fingerprint density at radius 1 is 1.08 bits per heavy atom. The maximum atomic E-state index is 4.00. The first-order valence-corrected chi connectivity index (χ1v) is 5.37. The summed E-state index contributed by atoms with van der Waals surface area (Å²) in [6.45, 7) is 10.6. The number of rotatable bonds is 1. The van der Waals surface area contributed by atoms with Crippen molar-refractivity contribution in [1.82, 2.24) is 0 Å². The molecule has 0 spiro atoms. The molecule has 3 saturated heterocycles. The molecule has 74 valence electrons. The fourth-order valence-electron chi connectivity index (χ4n) is 2.71. The third kappa shape index (κ3) is 1.89. The molecule has 0 aromatic heterocycles. The van der Waals surface area contributed by atoms with Crippen LogP contribution in [0.4, 0.5) is 0 Å². The minimum absolute atomic E-state index is 0.745. The Morgan fingerprint density at radius 2 is 1.46 bits per heavy atom. The Morgan fingerprint density at radius 3 is 1.77 bits per heavy atom. The van der Waals surface area contributed by atoms with Crippen LogP contribution in [-0.4, -0.2) is 30.7 Å². The lowest BCUT2D eigenvalue weighted by Crippen LogP contribution is -2.60. The van der Waals surface area contributed by atoms with Crippen molar-refractivity contribution in [2.45, 2.75) is 33.1 Å². The van der Waals surface area contributed by atoms with E-state index < -0.39 is 0 Å². The van der Waals surface area contributed by atoms with Gasteiger partial charge in [-0.05, 0) is 12.3 Å². The highest BCUT2D eigenvalue weighted by atomic mass is 15.4. The zero-order chi connectivity index (χ0) is 9.95. The predicted octanol–water partition coefficient (Wildman–Crippen LogP) is 2.28. The molecule has 0 radical (unpaired) electrons. The van der Waals surface area contributed by atoms with Crippen molar-refractivity contribution in [3.63, 3.8) is 0 Å². The van der Waals surface area contributed by atoms with Gasteiger partial charge in [0, 0.05) is 19.3 Å². The summed E-state index contributed by atoms with van der Waals surface area (Å²) in [7, 11) is 0. The molecule has 2 bridgehead atoms. The van der Waals surface area contributed by atoms with Crippen LogP contribution in [0.1, 0.15) is 33.1 Å². The molecule has 0 unspecified atom stereocenters. The van der Waals surface area contributed by atoms with E-state index in [4.69, 9.17) is 0 Å². The van der Waals surface area contributed by atoms with Crippen LogP contribution in [0.5, 0.6) is 0 Å². The van der Waals surface area contributed by atoms with Crippen LogP contribution < -0.4 is 0 Å². The first kappa shape index (κ1) is 10.6. The molecule has 1 heteroatoms. The molecule has 0 aromatic carbocycles. The van der Waals surface area contributed by atoms with Crippen molar-refractivity contribution < 1.29 is 4.48 Å². The number of piperidine rings is 3. The number of hydrogen-bond acceptors (Lipinski definition) is 0. The molecule has 0 aromatic rings. The number of hydrogen-bond donors (Lipinski definition) is 0. The minimum Gasteiger partial charge on any atom is -0.324 e. The normalized spacial score (nSPS) is 42.2. The lowest BCUT2D eigenvalue weighted by Gasteiger charge is -2.53. The summed E-state index contributed by atoms with van der Waals surface area (Å²) in [5, 5.41) is 0.